The summed E-state index contributed by atoms with van der Waals surface area (Å²) in [4.78, 5) is 24.9. The zero-order chi connectivity index (χ0) is 14.5. The molecule has 1 aliphatic heterocycles. The predicted molar refractivity (Wildman–Crippen MR) is 70.1 cm³/mol. The standard InChI is InChI=1S/C14H17NO5/c1-19-12(10-5-3-2-4-6-10)13(16)15-7-8-20-11(9-15)14(17)18/h2-6,11-12H,7-9H2,1H3,(H,17,18)/t11-,12-/m0/s1. The summed E-state index contributed by atoms with van der Waals surface area (Å²) in [5.74, 6) is -1.30. The highest BCUT2D eigenvalue weighted by atomic mass is 16.5. The van der Waals surface area contributed by atoms with Crippen LogP contribution in [-0.4, -0.2) is 54.8 Å². The van der Waals surface area contributed by atoms with Gasteiger partial charge in [-0.3, -0.25) is 4.79 Å². The molecule has 6 heteroatoms. The minimum Gasteiger partial charge on any atom is -0.479 e. The van der Waals surface area contributed by atoms with Crippen molar-refractivity contribution in [3.05, 3.63) is 35.9 Å². The smallest absolute Gasteiger partial charge is 0.334 e. The molecular formula is C14H17NO5. The number of carbonyl (C=O) groups is 2. The summed E-state index contributed by atoms with van der Waals surface area (Å²) in [5, 5.41) is 8.96. The Labute approximate surface area is 116 Å². The van der Waals surface area contributed by atoms with Crippen molar-refractivity contribution in [2.75, 3.05) is 26.8 Å². The number of nitrogens with zero attached hydrogens (tertiary/aromatic N) is 1. The number of carbonyl (C=O) groups excluding carboxylic acids is 1. The molecule has 2 rings (SSSR count). The Hall–Kier alpha value is -1.92. The minimum atomic E-state index is -1.06. The van der Waals surface area contributed by atoms with Gasteiger partial charge >= 0.3 is 5.97 Å². The van der Waals surface area contributed by atoms with E-state index >= 15 is 0 Å². The Bertz CT molecular complexity index is 476. The Morgan fingerprint density at radius 2 is 2.10 bits per heavy atom. The lowest BCUT2D eigenvalue weighted by Crippen LogP contribution is -2.50. The van der Waals surface area contributed by atoms with Crippen molar-refractivity contribution in [1.29, 1.82) is 0 Å². The maximum atomic E-state index is 12.5. The van der Waals surface area contributed by atoms with Crippen LogP contribution in [0.4, 0.5) is 0 Å². The molecule has 1 heterocycles. The number of morpholine rings is 1. The van der Waals surface area contributed by atoms with Crippen molar-refractivity contribution in [3.8, 4) is 0 Å². The fraction of sp³-hybridized carbons (Fsp3) is 0.429. The summed E-state index contributed by atoms with van der Waals surface area (Å²) in [6, 6.07) is 9.13. The Balaban J connectivity index is 2.11. The molecule has 1 aromatic rings. The second-order valence-electron chi connectivity index (χ2n) is 4.51. The lowest BCUT2D eigenvalue weighted by Gasteiger charge is -2.33. The third kappa shape index (κ3) is 3.15. The van der Waals surface area contributed by atoms with E-state index in [1.54, 1.807) is 12.1 Å². The van der Waals surface area contributed by atoms with Gasteiger partial charge in [0.1, 0.15) is 0 Å². The van der Waals surface area contributed by atoms with Crippen molar-refractivity contribution in [3.63, 3.8) is 0 Å². The molecule has 0 aliphatic carbocycles. The van der Waals surface area contributed by atoms with Crippen molar-refractivity contribution in [2.24, 2.45) is 0 Å². The van der Waals surface area contributed by atoms with Crippen LogP contribution >= 0.6 is 0 Å². The lowest BCUT2D eigenvalue weighted by atomic mass is 10.1. The number of benzene rings is 1. The van der Waals surface area contributed by atoms with E-state index < -0.39 is 18.2 Å². The van der Waals surface area contributed by atoms with Gasteiger partial charge in [-0.05, 0) is 5.56 Å². The number of rotatable bonds is 4. The number of carboxylic acids is 1. The number of amides is 1. The molecule has 0 radical (unpaired) electrons. The van der Waals surface area contributed by atoms with Gasteiger partial charge in [0.05, 0.1) is 13.2 Å². The number of aliphatic carboxylic acids is 1. The average molecular weight is 279 g/mol. The highest BCUT2D eigenvalue weighted by Gasteiger charge is 2.33. The molecule has 1 saturated heterocycles. The number of hydrogen-bond donors (Lipinski definition) is 1. The van der Waals surface area contributed by atoms with E-state index in [9.17, 15) is 9.59 Å². The van der Waals surface area contributed by atoms with Gasteiger partial charge in [-0.1, -0.05) is 30.3 Å². The molecule has 2 atom stereocenters. The van der Waals surface area contributed by atoms with Crippen LogP contribution in [0.25, 0.3) is 0 Å². The second-order valence-corrected chi connectivity index (χ2v) is 4.51. The molecule has 1 amide bonds. The first-order valence-corrected chi connectivity index (χ1v) is 6.34. The lowest BCUT2D eigenvalue weighted by molar-refractivity contribution is -0.162. The topological polar surface area (TPSA) is 76.1 Å². The van der Waals surface area contributed by atoms with Crippen molar-refractivity contribution < 1.29 is 24.2 Å². The molecule has 1 aromatic carbocycles. The van der Waals surface area contributed by atoms with Gasteiger partial charge in [-0.15, -0.1) is 0 Å². The number of hydrogen-bond acceptors (Lipinski definition) is 4. The molecule has 1 aliphatic rings. The van der Waals surface area contributed by atoms with Crippen LogP contribution in [0.2, 0.25) is 0 Å². The van der Waals surface area contributed by atoms with E-state index in [-0.39, 0.29) is 19.1 Å². The molecule has 0 bridgehead atoms. The summed E-state index contributed by atoms with van der Waals surface area (Å²) in [7, 11) is 1.46. The predicted octanol–water partition coefficient (Wildman–Crippen LogP) is 0.686. The second kappa shape index (κ2) is 6.49. The first-order valence-electron chi connectivity index (χ1n) is 6.34. The van der Waals surface area contributed by atoms with Gasteiger partial charge in [-0.25, -0.2) is 4.79 Å². The van der Waals surface area contributed by atoms with Crippen LogP contribution in [0.5, 0.6) is 0 Å². The first-order chi connectivity index (χ1) is 9.63. The van der Waals surface area contributed by atoms with E-state index in [0.717, 1.165) is 5.56 Å². The van der Waals surface area contributed by atoms with Crippen molar-refractivity contribution in [1.82, 2.24) is 4.90 Å². The molecule has 108 valence electrons. The fourth-order valence-electron chi connectivity index (χ4n) is 2.17. The van der Waals surface area contributed by atoms with Gasteiger partial charge in [0.2, 0.25) is 0 Å². The molecule has 0 aromatic heterocycles. The molecular weight excluding hydrogens is 262 g/mol. The van der Waals surface area contributed by atoms with E-state index in [2.05, 4.69) is 0 Å². The molecule has 1 N–H and O–H groups in total. The molecule has 0 spiro atoms. The average Bonchev–Trinajstić information content (AvgIpc) is 2.49. The van der Waals surface area contributed by atoms with E-state index in [4.69, 9.17) is 14.6 Å². The third-order valence-electron chi connectivity index (χ3n) is 3.22. The highest BCUT2D eigenvalue weighted by Crippen LogP contribution is 2.20. The molecule has 1 fully saturated rings. The summed E-state index contributed by atoms with van der Waals surface area (Å²) in [6.45, 7) is 0.629. The SMILES string of the molecule is CO[C@H](C(=O)N1CCO[C@H](C(=O)O)C1)c1ccccc1. The zero-order valence-electron chi connectivity index (χ0n) is 11.2. The molecule has 6 nitrogen and oxygen atoms in total. The van der Waals surface area contributed by atoms with Crippen LogP contribution in [0.3, 0.4) is 0 Å². The van der Waals surface area contributed by atoms with Crippen molar-refractivity contribution in [2.45, 2.75) is 12.2 Å². The number of carboxylic acid groups (broad SMARTS) is 1. The van der Waals surface area contributed by atoms with Crippen LogP contribution in [0.1, 0.15) is 11.7 Å². The van der Waals surface area contributed by atoms with Gasteiger partial charge in [0.15, 0.2) is 12.2 Å². The molecule has 0 saturated carbocycles. The number of methoxy groups -OCH3 is 1. The van der Waals surface area contributed by atoms with Crippen LogP contribution < -0.4 is 0 Å². The van der Waals surface area contributed by atoms with Crippen molar-refractivity contribution >= 4 is 11.9 Å². The monoisotopic (exact) mass is 279 g/mol. The quantitative estimate of drug-likeness (QED) is 0.877. The van der Waals surface area contributed by atoms with Gasteiger partial charge < -0.3 is 19.5 Å². The van der Waals surface area contributed by atoms with E-state index in [1.807, 2.05) is 18.2 Å². The summed E-state index contributed by atoms with van der Waals surface area (Å²) in [5.41, 5.74) is 0.748. The van der Waals surface area contributed by atoms with Gasteiger partial charge in [0.25, 0.3) is 5.91 Å². The maximum Gasteiger partial charge on any atom is 0.334 e. The summed E-state index contributed by atoms with van der Waals surface area (Å²) in [6.07, 6.45) is -1.69. The molecule has 20 heavy (non-hydrogen) atoms. The van der Waals surface area contributed by atoms with Crippen LogP contribution in [-0.2, 0) is 19.1 Å². The Morgan fingerprint density at radius 3 is 2.70 bits per heavy atom. The van der Waals surface area contributed by atoms with E-state index in [0.29, 0.717) is 6.54 Å². The van der Waals surface area contributed by atoms with Gasteiger partial charge in [0, 0.05) is 13.7 Å². The number of ether oxygens (including phenoxy) is 2. The minimum absolute atomic E-state index is 0.0425. The Morgan fingerprint density at radius 1 is 1.40 bits per heavy atom. The van der Waals surface area contributed by atoms with Gasteiger partial charge in [-0.2, -0.15) is 0 Å². The summed E-state index contributed by atoms with van der Waals surface area (Å²) >= 11 is 0. The Kier molecular flexibility index (Phi) is 4.70. The third-order valence-corrected chi connectivity index (χ3v) is 3.22. The normalized spacial score (nSPS) is 20.4. The zero-order valence-corrected chi connectivity index (χ0v) is 11.2. The largest absolute Gasteiger partial charge is 0.479 e. The summed E-state index contributed by atoms with van der Waals surface area (Å²) < 4.78 is 10.4. The van der Waals surface area contributed by atoms with Crippen LogP contribution in [0.15, 0.2) is 30.3 Å². The highest BCUT2D eigenvalue weighted by molar-refractivity contribution is 5.83. The fourth-order valence-corrected chi connectivity index (χ4v) is 2.17. The van der Waals surface area contributed by atoms with Crippen LogP contribution in [0, 0.1) is 0 Å². The van der Waals surface area contributed by atoms with E-state index in [1.165, 1.54) is 12.0 Å². The first kappa shape index (κ1) is 14.5. The molecule has 0 unspecified atom stereocenters. The maximum absolute atomic E-state index is 12.5.